The molecular weight excluding hydrogens is 592 g/mol. The molecule has 0 aliphatic carbocycles. The first-order chi connectivity index (χ1) is 23.6. The van der Waals surface area contributed by atoms with Crippen molar-refractivity contribution < 1.29 is 34.7 Å². The average Bonchev–Trinajstić information content (AvgIpc) is 3.08. The van der Waals surface area contributed by atoms with Crippen LogP contribution in [0.1, 0.15) is 36.3 Å². The zero-order chi connectivity index (χ0) is 36.7. The number of carbonyl (C=O) groups excluding carboxylic acids is 2. The fourth-order valence-corrected chi connectivity index (χ4v) is 6.34. The number of nitrogens with two attached hydrogens (primary N) is 1. The third-order valence-electron chi connectivity index (χ3n) is 7.15. The Morgan fingerprint density at radius 3 is 2.13 bits per heavy atom. The van der Waals surface area contributed by atoms with Crippen molar-refractivity contribution >= 4 is 33.4 Å². The molecule has 0 aliphatic heterocycles. The van der Waals surface area contributed by atoms with Gasteiger partial charge in [0.15, 0.2) is 0 Å². The monoisotopic (exact) mass is 635 g/mol. The Balaban J connectivity index is 1.69. The van der Waals surface area contributed by atoms with E-state index in [4.69, 9.17) is 17.3 Å². The van der Waals surface area contributed by atoms with Gasteiger partial charge in [0.1, 0.15) is 6.04 Å². The fourth-order valence-electron chi connectivity index (χ4n) is 4.97. The van der Waals surface area contributed by atoms with Gasteiger partial charge in [-0.2, -0.15) is 4.31 Å². The fraction of sp³-hybridized carbons (Fsp3) is 0.235. The number of hydrogen-bond acceptors (Lipinski definition) is 7. The molecule has 2 amide bonds. The van der Waals surface area contributed by atoms with E-state index in [9.17, 15) is 23.1 Å². The Kier molecular flexibility index (Phi) is 9.09. The Bertz CT molecular complexity index is 1830. The van der Waals surface area contributed by atoms with Crippen LogP contribution in [0.5, 0.6) is 0 Å². The zero-order valence-corrected chi connectivity index (χ0v) is 25.3. The number of ether oxygens (including phenoxy) is 1. The van der Waals surface area contributed by atoms with E-state index in [0.717, 1.165) is 23.3 Å². The molecule has 10 nitrogen and oxygen atoms in total. The summed E-state index contributed by atoms with van der Waals surface area (Å²) in [6.07, 6.45) is -1.18. The van der Waals surface area contributed by atoms with Crippen LogP contribution >= 0.6 is 0 Å². The Labute approximate surface area is 270 Å². The number of rotatable bonds is 13. The maximum Gasteiger partial charge on any atom is 0.407 e. The number of nitrogen functional groups attached to an aromatic ring is 1. The molecule has 2 atom stereocenters. The molecule has 0 radical (unpaired) electrons. The molecular formula is C34H38N4O6S. The molecule has 0 aromatic heterocycles. The van der Waals surface area contributed by atoms with E-state index in [-0.39, 0.29) is 22.1 Å². The zero-order valence-electron chi connectivity index (χ0n) is 29.5. The molecule has 4 rings (SSSR count). The minimum atomic E-state index is -4.85. The van der Waals surface area contributed by atoms with Crippen molar-refractivity contribution in [1.29, 1.82) is 0 Å². The van der Waals surface area contributed by atoms with Crippen molar-refractivity contribution in [2.75, 3.05) is 31.3 Å². The molecule has 0 bridgehead atoms. The number of anilines is 2. The summed E-state index contributed by atoms with van der Waals surface area (Å²) in [5.41, 5.74) is 7.96. The Hall–Kier alpha value is -4.71. The van der Waals surface area contributed by atoms with Gasteiger partial charge in [-0.1, -0.05) is 79.6 Å². The lowest BCUT2D eigenvalue weighted by atomic mass is 9.84. The summed E-state index contributed by atoms with van der Waals surface area (Å²) in [5, 5.41) is 15.8. The van der Waals surface area contributed by atoms with Crippen molar-refractivity contribution in [2.24, 2.45) is 0 Å². The second kappa shape index (κ2) is 15.3. The van der Waals surface area contributed by atoms with Crippen LogP contribution in [0.3, 0.4) is 0 Å². The standard InChI is InChI=1S/C34H38N4O6S/c1-3-38(45(42,43)30-19-17-27(35)18-20-30)29(23-39)22-24-11-10-16-28(21-24)36-33(40)32(37-34(41)44-2)31(25-12-6-4-7-13-25)26-14-8-5-9-15-26/h4-21,29,31-32,39H,3,22-23,35H2,1-2H3,(H,36,40)(H,37,41)/t29-,32-/m0/s1/i1D3,3D2. The number of carbonyl (C=O) groups is 2. The molecule has 0 heterocycles. The van der Waals surface area contributed by atoms with Crippen LogP contribution in [0.25, 0.3) is 0 Å². The number of aliphatic hydroxyl groups is 1. The maximum absolute atomic E-state index is 14.0. The number of benzene rings is 4. The van der Waals surface area contributed by atoms with Gasteiger partial charge < -0.3 is 26.2 Å². The molecule has 0 fully saturated rings. The molecule has 5 N–H and O–H groups in total. The van der Waals surface area contributed by atoms with Crippen molar-refractivity contribution in [3.05, 3.63) is 126 Å². The van der Waals surface area contributed by atoms with E-state index in [2.05, 4.69) is 10.6 Å². The third kappa shape index (κ3) is 8.27. The maximum atomic E-state index is 14.0. The first kappa shape index (κ1) is 26.7. The van der Waals surface area contributed by atoms with Gasteiger partial charge in [0.25, 0.3) is 0 Å². The smallest absolute Gasteiger partial charge is 0.407 e. The lowest BCUT2D eigenvalue weighted by molar-refractivity contribution is -0.118. The van der Waals surface area contributed by atoms with Gasteiger partial charge in [-0.05, 0) is 59.5 Å². The molecule has 0 unspecified atom stereocenters. The first-order valence-corrected chi connectivity index (χ1v) is 15.4. The summed E-state index contributed by atoms with van der Waals surface area (Å²) < 4.78 is 73.0. The highest BCUT2D eigenvalue weighted by Crippen LogP contribution is 2.29. The number of hydrogen-bond donors (Lipinski definition) is 4. The molecule has 0 saturated carbocycles. The van der Waals surface area contributed by atoms with Crippen LogP contribution in [-0.2, 0) is 26.0 Å². The Morgan fingerprint density at radius 1 is 0.956 bits per heavy atom. The number of nitrogens with one attached hydrogen (secondary N) is 2. The minimum absolute atomic E-state index is 0.171. The van der Waals surface area contributed by atoms with Gasteiger partial charge in [0.2, 0.25) is 15.9 Å². The van der Waals surface area contributed by atoms with Crippen LogP contribution in [0, 0.1) is 0 Å². The second-order valence-electron chi connectivity index (χ2n) is 10.1. The highest BCUT2D eigenvalue weighted by molar-refractivity contribution is 7.89. The van der Waals surface area contributed by atoms with Gasteiger partial charge >= 0.3 is 6.09 Å². The van der Waals surface area contributed by atoms with E-state index in [1.54, 1.807) is 18.2 Å². The van der Waals surface area contributed by atoms with Crippen LogP contribution in [-0.4, -0.2) is 62.1 Å². The van der Waals surface area contributed by atoms with E-state index in [1.807, 2.05) is 60.7 Å². The summed E-state index contributed by atoms with van der Waals surface area (Å²) in [6.45, 7) is -7.82. The SMILES string of the molecule is [2H]C([2H])([2H])C([2H])([2H])N([C@H](CO)Cc1cccc(NC(=O)[C@@H](NC(=O)OC)C(c2ccccc2)c2ccccc2)c1)S(=O)(=O)c1ccc(N)cc1. The number of sulfonamides is 1. The van der Waals surface area contributed by atoms with Crippen molar-refractivity contribution in [2.45, 2.75) is 36.2 Å². The lowest BCUT2D eigenvalue weighted by Crippen LogP contribution is -2.48. The van der Waals surface area contributed by atoms with Crippen LogP contribution in [0.2, 0.25) is 0 Å². The number of likely N-dealkylation sites (N-methyl/N-ethyl adjacent to an activating group) is 1. The first-order valence-electron chi connectivity index (χ1n) is 16.4. The summed E-state index contributed by atoms with van der Waals surface area (Å²) in [7, 11) is -3.67. The van der Waals surface area contributed by atoms with Gasteiger partial charge in [0.05, 0.1) is 24.7 Å². The lowest BCUT2D eigenvalue weighted by Gasteiger charge is -2.29. The molecule has 4 aromatic carbocycles. The van der Waals surface area contributed by atoms with E-state index in [1.165, 1.54) is 25.3 Å². The number of methoxy groups -OCH3 is 1. The number of amides is 2. The number of nitrogens with zero attached hydrogens (tertiary/aromatic N) is 1. The summed E-state index contributed by atoms with van der Waals surface area (Å²) >= 11 is 0. The second-order valence-corrected chi connectivity index (χ2v) is 11.9. The Morgan fingerprint density at radius 2 is 1.58 bits per heavy atom. The van der Waals surface area contributed by atoms with Gasteiger partial charge in [0, 0.05) is 30.6 Å². The van der Waals surface area contributed by atoms with Crippen LogP contribution < -0.4 is 16.4 Å². The van der Waals surface area contributed by atoms with Crippen LogP contribution in [0.4, 0.5) is 16.2 Å². The quantitative estimate of drug-likeness (QED) is 0.159. The number of alkyl carbamates (subject to hydrolysis) is 1. The average molecular weight is 636 g/mol. The summed E-state index contributed by atoms with van der Waals surface area (Å²) in [5.74, 6) is -1.26. The van der Waals surface area contributed by atoms with Gasteiger partial charge in [-0.25, -0.2) is 13.2 Å². The van der Waals surface area contributed by atoms with Crippen molar-refractivity contribution in [3.8, 4) is 0 Å². The molecule has 45 heavy (non-hydrogen) atoms. The predicted molar refractivity (Wildman–Crippen MR) is 174 cm³/mol. The van der Waals surface area contributed by atoms with Gasteiger partial charge in [-0.3, -0.25) is 4.79 Å². The highest BCUT2D eigenvalue weighted by Gasteiger charge is 2.33. The topological polar surface area (TPSA) is 151 Å². The molecule has 236 valence electrons. The molecule has 4 aromatic rings. The normalized spacial score (nSPS) is 15.1. The van der Waals surface area contributed by atoms with Crippen LogP contribution in [0.15, 0.2) is 114 Å². The molecule has 11 heteroatoms. The molecule has 0 saturated heterocycles. The van der Waals surface area contributed by atoms with E-state index >= 15 is 0 Å². The van der Waals surface area contributed by atoms with E-state index in [0.29, 0.717) is 5.56 Å². The number of aliphatic hydroxyl groups excluding tert-OH is 1. The summed E-state index contributed by atoms with van der Waals surface area (Å²) in [6, 6.07) is 26.4. The minimum Gasteiger partial charge on any atom is -0.453 e. The largest absolute Gasteiger partial charge is 0.453 e. The predicted octanol–water partition coefficient (Wildman–Crippen LogP) is 4.38. The molecule has 0 spiro atoms. The van der Waals surface area contributed by atoms with E-state index < -0.39 is 64.9 Å². The van der Waals surface area contributed by atoms with Crippen molar-refractivity contribution in [3.63, 3.8) is 0 Å². The van der Waals surface area contributed by atoms with Gasteiger partial charge in [-0.15, -0.1) is 0 Å². The molecule has 0 aliphatic rings. The van der Waals surface area contributed by atoms with Crippen molar-refractivity contribution in [1.82, 2.24) is 9.62 Å². The highest BCUT2D eigenvalue weighted by atomic mass is 32.2. The third-order valence-corrected chi connectivity index (χ3v) is 8.92. The summed E-state index contributed by atoms with van der Waals surface area (Å²) in [4.78, 5) is 26.1.